The maximum absolute atomic E-state index is 2.59. The van der Waals surface area contributed by atoms with Crippen LogP contribution in [0.1, 0.15) is 263 Å². The van der Waals surface area contributed by atoms with Crippen LogP contribution >= 0.6 is 0 Å². The van der Waals surface area contributed by atoms with E-state index in [2.05, 4.69) is 73.4 Å². The third kappa shape index (κ3) is 30.3. The summed E-state index contributed by atoms with van der Waals surface area (Å²) in [6.07, 6.45) is 61.3. The summed E-state index contributed by atoms with van der Waals surface area (Å²) in [7, 11) is 2.21. The molecule has 1 unspecified atom stereocenters. The van der Waals surface area contributed by atoms with Gasteiger partial charge in [0.1, 0.15) is 0 Å². The van der Waals surface area contributed by atoms with Gasteiger partial charge in [-0.1, -0.05) is 282 Å². The molecule has 55 heavy (non-hydrogen) atoms. The molecule has 1 aromatic carbocycles. The molecular weight excluding hydrogens is 665 g/mol. The standard InChI is InChI=1S/C53H98N2/c1-4-6-8-10-12-14-16-18-20-22-24-26-28-30-32-35-41-51(42-36-33-31-29-27-25-23-21-19-17-15-13-11-9-7-5-2)43-39-40-46-53(55-48-47-54(3)50-55)49-52-44-37-34-38-45-52/h34,37-38,44-45,47-48,51,53H,4-33,35-36,39-43,46,49-50H2,1-3H3. The highest BCUT2D eigenvalue weighted by molar-refractivity contribution is 5.16. The molecule has 1 aliphatic rings. The minimum absolute atomic E-state index is 0.614. The van der Waals surface area contributed by atoms with Gasteiger partial charge in [-0.3, -0.25) is 0 Å². The van der Waals surface area contributed by atoms with E-state index in [4.69, 9.17) is 0 Å². The number of hydrogen-bond donors (Lipinski definition) is 0. The van der Waals surface area contributed by atoms with Crippen molar-refractivity contribution in [2.75, 3.05) is 13.7 Å². The minimum Gasteiger partial charge on any atom is -0.362 e. The normalized spacial score (nSPS) is 13.5. The lowest BCUT2D eigenvalue weighted by Crippen LogP contribution is -2.34. The van der Waals surface area contributed by atoms with E-state index >= 15 is 0 Å². The van der Waals surface area contributed by atoms with Crippen LogP contribution in [0.15, 0.2) is 42.7 Å². The van der Waals surface area contributed by atoms with Crippen molar-refractivity contribution in [1.29, 1.82) is 0 Å². The Bertz CT molecular complexity index is 890. The van der Waals surface area contributed by atoms with Crippen LogP contribution in [0.2, 0.25) is 0 Å². The van der Waals surface area contributed by atoms with E-state index in [9.17, 15) is 0 Å². The molecule has 0 bridgehead atoms. The van der Waals surface area contributed by atoms with Gasteiger partial charge in [-0.2, -0.15) is 0 Å². The summed E-state index contributed by atoms with van der Waals surface area (Å²) in [6.45, 7) is 5.67. The summed E-state index contributed by atoms with van der Waals surface area (Å²) in [4.78, 5) is 4.92. The van der Waals surface area contributed by atoms with E-state index in [1.165, 1.54) is 256 Å². The van der Waals surface area contributed by atoms with Crippen molar-refractivity contribution in [3.05, 3.63) is 48.3 Å². The lowest BCUT2D eigenvalue weighted by Gasteiger charge is -2.29. The van der Waals surface area contributed by atoms with Gasteiger partial charge in [0, 0.05) is 25.5 Å². The van der Waals surface area contributed by atoms with Crippen LogP contribution in [0.5, 0.6) is 0 Å². The Labute approximate surface area is 346 Å². The largest absolute Gasteiger partial charge is 0.362 e. The molecule has 0 aromatic heterocycles. The quantitative estimate of drug-likeness (QED) is 0.0612. The number of nitrogens with zero attached hydrogens (tertiary/aromatic N) is 2. The van der Waals surface area contributed by atoms with Crippen molar-refractivity contribution in [2.24, 2.45) is 5.92 Å². The van der Waals surface area contributed by atoms with Crippen LogP contribution in [-0.2, 0) is 6.42 Å². The Kier molecular flexibility index (Phi) is 34.4. The van der Waals surface area contributed by atoms with Crippen LogP contribution < -0.4 is 0 Å². The Hall–Kier alpha value is -1.44. The van der Waals surface area contributed by atoms with Crippen LogP contribution in [0.25, 0.3) is 0 Å². The van der Waals surface area contributed by atoms with Gasteiger partial charge in [0.15, 0.2) is 0 Å². The molecule has 2 nitrogen and oxygen atoms in total. The molecule has 0 spiro atoms. The molecule has 0 aliphatic carbocycles. The summed E-state index contributed by atoms with van der Waals surface area (Å²) >= 11 is 0. The first-order valence-electron chi connectivity index (χ1n) is 25.4. The van der Waals surface area contributed by atoms with E-state index in [0.29, 0.717) is 6.04 Å². The Morgan fingerprint density at radius 1 is 0.400 bits per heavy atom. The summed E-state index contributed by atoms with van der Waals surface area (Å²) in [6, 6.07) is 11.8. The molecule has 2 heteroatoms. The van der Waals surface area contributed by atoms with E-state index in [1.54, 1.807) is 0 Å². The fraction of sp³-hybridized carbons (Fsp3) is 0.849. The van der Waals surface area contributed by atoms with Gasteiger partial charge in [-0.25, -0.2) is 0 Å². The highest BCUT2D eigenvalue weighted by Gasteiger charge is 2.20. The van der Waals surface area contributed by atoms with Crippen molar-refractivity contribution < 1.29 is 0 Å². The number of benzene rings is 1. The molecule has 0 saturated carbocycles. The van der Waals surface area contributed by atoms with Gasteiger partial charge in [-0.05, 0) is 24.3 Å². The molecule has 0 saturated heterocycles. The minimum atomic E-state index is 0.614. The summed E-state index contributed by atoms with van der Waals surface area (Å²) in [5.74, 6) is 0.962. The molecule has 2 rings (SSSR count). The van der Waals surface area contributed by atoms with E-state index in [0.717, 1.165) is 12.6 Å². The number of hydrogen-bond acceptors (Lipinski definition) is 2. The molecular formula is C53H98N2. The predicted octanol–water partition coefficient (Wildman–Crippen LogP) is 17.8. The monoisotopic (exact) mass is 763 g/mol. The van der Waals surface area contributed by atoms with Gasteiger partial charge in [-0.15, -0.1) is 0 Å². The fourth-order valence-electron chi connectivity index (χ4n) is 9.27. The Balaban J connectivity index is 1.59. The van der Waals surface area contributed by atoms with Crippen LogP contribution in [-0.4, -0.2) is 29.6 Å². The fourth-order valence-corrected chi connectivity index (χ4v) is 9.27. The molecule has 0 radical (unpaired) electrons. The molecule has 1 aromatic rings. The maximum Gasteiger partial charge on any atom is 0.0893 e. The second-order valence-corrected chi connectivity index (χ2v) is 18.4. The SMILES string of the molecule is CCCCCCCCCCCCCCCCCCC(CCCCCCCCCCCCCCCCCC)CCCCC(Cc1ccccc1)N1C=CN(C)C1. The van der Waals surface area contributed by atoms with Crippen LogP contribution in [0.3, 0.4) is 0 Å². The average molecular weight is 763 g/mol. The van der Waals surface area contributed by atoms with Gasteiger partial charge in [0.25, 0.3) is 0 Å². The zero-order valence-corrected chi connectivity index (χ0v) is 37.9. The Morgan fingerprint density at radius 3 is 1.07 bits per heavy atom. The van der Waals surface area contributed by atoms with Crippen molar-refractivity contribution in [2.45, 2.75) is 270 Å². The molecule has 0 N–H and O–H groups in total. The third-order valence-electron chi connectivity index (χ3n) is 13.0. The maximum atomic E-state index is 2.59. The van der Waals surface area contributed by atoms with Crippen LogP contribution in [0.4, 0.5) is 0 Å². The van der Waals surface area contributed by atoms with Crippen molar-refractivity contribution in [3.63, 3.8) is 0 Å². The smallest absolute Gasteiger partial charge is 0.0893 e. The summed E-state index contributed by atoms with van der Waals surface area (Å²) in [5, 5.41) is 0. The summed E-state index contributed by atoms with van der Waals surface area (Å²) < 4.78 is 0. The van der Waals surface area contributed by atoms with Crippen LogP contribution in [0, 0.1) is 5.92 Å². The van der Waals surface area contributed by atoms with Gasteiger partial charge >= 0.3 is 0 Å². The first-order valence-corrected chi connectivity index (χ1v) is 25.4. The van der Waals surface area contributed by atoms with E-state index in [-0.39, 0.29) is 0 Å². The van der Waals surface area contributed by atoms with E-state index in [1.807, 2.05) is 0 Å². The molecule has 320 valence electrons. The summed E-state index contributed by atoms with van der Waals surface area (Å²) in [5.41, 5.74) is 1.49. The predicted molar refractivity (Wildman–Crippen MR) is 248 cm³/mol. The first kappa shape index (κ1) is 49.7. The van der Waals surface area contributed by atoms with Gasteiger partial charge in [0.2, 0.25) is 0 Å². The molecule has 0 fully saturated rings. The van der Waals surface area contributed by atoms with Crippen molar-refractivity contribution in [3.8, 4) is 0 Å². The van der Waals surface area contributed by atoms with Crippen molar-refractivity contribution >= 4 is 0 Å². The lowest BCUT2D eigenvalue weighted by atomic mass is 9.89. The zero-order chi connectivity index (χ0) is 39.1. The molecule has 1 aliphatic heterocycles. The second kappa shape index (κ2) is 38.1. The molecule has 0 amide bonds. The van der Waals surface area contributed by atoms with Crippen molar-refractivity contribution in [1.82, 2.24) is 9.80 Å². The highest BCUT2D eigenvalue weighted by atomic mass is 15.3. The highest BCUT2D eigenvalue weighted by Crippen LogP contribution is 2.26. The van der Waals surface area contributed by atoms with E-state index < -0.39 is 0 Å². The third-order valence-corrected chi connectivity index (χ3v) is 13.0. The lowest BCUT2D eigenvalue weighted by molar-refractivity contribution is 0.213. The number of rotatable bonds is 42. The van der Waals surface area contributed by atoms with Gasteiger partial charge < -0.3 is 9.80 Å². The molecule has 1 atom stereocenters. The van der Waals surface area contributed by atoms with Gasteiger partial charge in [0.05, 0.1) is 6.67 Å². The first-order chi connectivity index (χ1) is 27.2. The Morgan fingerprint density at radius 2 is 0.727 bits per heavy atom. The second-order valence-electron chi connectivity index (χ2n) is 18.4. The average Bonchev–Trinajstić information content (AvgIpc) is 3.64. The topological polar surface area (TPSA) is 6.48 Å². The molecule has 1 heterocycles. The zero-order valence-electron chi connectivity index (χ0n) is 37.9. The number of unbranched alkanes of at least 4 members (excludes halogenated alkanes) is 31.